The molecule has 6 nitrogen and oxygen atoms in total. The number of Topliss-reactive ketones (excluding diaryl/α,β-unsaturated/α-hetero) is 2. The number of aromatic amines is 1. The maximum Gasteiger partial charge on any atom is 0.347 e. The van der Waals surface area contributed by atoms with Crippen molar-refractivity contribution in [2.24, 2.45) is 0 Å². The summed E-state index contributed by atoms with van der Waals surface area (Å²) in [5.41, 5.74) is 1.99. The second kappa shape index (κ2) is 8.47. The van der Waals surface area contributed by atoms with Gasteiger partial charge in [-0.1, -0.05) is 25.1 Å². The normalized spacial score (nSPS) is 11.7. The van der Waals surface area contributed by atoms with Gasteiger partial charge < -0.3 is 14.5 Å². The molecule has 2 rings (SSSR count). The molecular formula is C20H23NO5. The average Bonchev–Trinajstić information content (AvgIpc) is 2.92. The first-order valence-corrected chi connectivity index (χ1v) is 8.46. The van der Waals surface area contributed by atoms with Gasteiger partial charge in [0, 0.05) is 11.3 Å². The van der Waals surface area contributed by atoms with Crippen LogP contribution in [0, 0.1) is 13.8 Å². The van der Waals surface area contributed by atoms with Crippen LogP contribution in [0.4, 0.5) is 0 Å². The number of aromatic nitrogens is 1. The SMILES string of the molecule is CC[C@H](Oc1ccccc1)C(=O)OCC(=O)c1[nH]c(C)c(C(C)=O)c1C. The number of rotatable bonds is 8. The topological polar surface area (TPSA) is 85.5 Å². The lowest BCUT2D eigenvalue weighted by Crippen LogP contribution is -2.30. The maximum absolute atomic E-state index is 12.4. The van der Waals surface area contributed by atoms with Gasteiger partial charge in [0.15, 0.2) is 18.5 Å². The highest BCUT2D eigenvalue weighted by Gasteiger charge is 2.24. The van der Waals surface area contributed by atoms with E-state index < -0.39 is 18.7 Å². The highest BCUT2D eigenvalue weighted by atomic mass is 16.6. The van der Waals surface area contributed by atoms with E-state index >= 15 is 0 Å². The van der Waals surface area contributed by atoms with Crippen molar-refractivity contribution in [3.63, 3.8) is 0 Å². The number of esters is 1. The number of ketones is 2. The fourth-order valence-electron chi connectivity index (χ4n) is 2.82. The van der Waals surface area contributed by atoms with E-state index in [1.807, 2.05) is 6.07 Å². The number of aryl methyl sites for hydroxylation is 1. The van der Waals surface area contributed by atoms with Gasteiger partial charge in [-0.2, -0.15) is 0 Å². The molecule has 6 heteroatoms. The molecular weight excluding hydrogens is 334 g/mol. The number of carbonyl (C=O) groups excluding carboxylic acids is 3. The molecule has 0 aliphatic carbocycles. The summed E-state index contributed by atoms with van der Waals surface area (Å²) in [4.78, 5) is 39.1. The Morgan fingerprint density at radius 2 is 1.77 bits per heavy atom. The lowest BCUT2D eigenvalue weighted by molar-refractivity contribution is -0.150. The van der Waals surface area contributed by atoms with Crippen LogP contribution in [0.25, 0.3) is 0 Å². The minimum atomic E-state index is -0.788. The maximum atomic E-state index is 12.4. The Morgan fingerprint density at radius 1 is 1.12 bits per heavy atom. The Labute approximate surface area is 152 Å². The van der Waals surface area contributed by atoms with Gasteiger partial charge in [0.1, 0.15) is 5.75 Å². The molecule has 0 spiro atoms. The van der Waals surface area contributed by atoms with Crippen LogP contribution in [0.2, 0.25) is 0 Å². The molecule has 0 fully saturated rings. The van der Waals surface area contributed by atoms with Gasteiger partial charge in [0.2, 0.25) is 5.78 Å². The Hall–Kier alpha value is -2.89. The van der Waals surface area contributed by atoms with Gasteiger partial charge in [0.05, 0.1) is 5.69 Å². The molecule has 0 aliphatic rings. The molecule has 1 aromatic heterocycles. The van der Waals surface area contributed by atoms with Crippen molar-refractivity contribution < 1.29 is 23.9 Å². The summed E-state index contributed by atoms with van der Waals surface area (Å²) in [6.07, 6.45) is -0.374. The van der Waals surface area contributed by atoms with Gasteiger partial charge in [-0.3, -0.25) is 9.59 Å². The molecule has 0 radical (unpaired) electrons. The minimum Gasteiger partial charge on any atom is -0.479 e. The summed E-state index contributed by atoms with van der Waals surface area (Å²) in [5, 5.41) is 0. The molecule has 1 N–H and O–H groups in total. The molecule has 0 amide bonds. The van der Waals surface area contributed by atoms with E-state index in [0.717, 1.165) is 0 Å². The average molecular weight is 357 g/mol. The zero-order valence-electron chi connectivity index (χ0n) is 15.4. The summed E-state index contributed by atoms with van der Waals surface area (Å²) < 4.78 is 10.7. The zero-order chi connectivity index (χ0) is 19.3. The van der Waals surface area contributed by atoms with Crippen molar-refractivity contribution in [1.29, 1.82) is 0 Å². The Morgan fingerprint density at radius 3 is 2.31 bits per heavy atom. The Bertz CT molecular complexity index is 807. The summed E-state index contributed by atoms with van der Waals surface area (Å²) in [5.74, 6) is -0.544. The minimum absolute atomic E-state index is 0.116. The Balaban J connectivity index is 2.01. The number of para-hydroxylation sites is 1. The molecule has 26 heavy (non-hydrogen) atoms. The van der Waals surface area contributed by atoms with E-state index in [-0.39, 0.29) is 17.3 Å². The van der Waals surface area contributed by atoms with Crippen molar-refractivity contribution >= 4 is 17.5 Å². The Kier molecular flexibility index (Phi) is 6.33. The van der Waals surface area contributed by atoms with Crippen molar-refractivity contribution in [1.82, 2.24) is 4.98 Å². The number of carbonyl (C=O) groups is 3. The fraction of sp³-hybridized carbons (Fsp3) is 0.350. The first-order chi connectivity index (χ1) is 12.3. The zero-order valence-corrected chi connectivity index (χ0v) is 15.4. The molecule has 2 aromatic rings. The van der Waals surface area contributed by atoms with Gasteiger partial charge in [-0.15, -0.1) is 0 Å². The van der Waals surface area contributed by atoms with Crippen molar-refractivity contribution in [2.45, 2.75) is 40.2 Å². The predicted molar refractivity (Wildman–Crippen MR) is 96.7 cm³/mol. The molecule has 0 aliphatic heterocycles. The third-order valence-corrected chi connectivity index (χ3v) is 4.07. The van der Waals surface area contributed by atoms with Crippen LogP contribution >= 0.6 is 0 Å². The highest BCUT2D eigenvalue weighted by molar-refractivity contribution is 6.04. The summed E-state index contributed by atoms with van der Waals surface area (Å²) >= 11 is 0. The smallest absolute Gasteiger partial charge is 0.347 e. The number of hydrogen-bond donors (Lipinski definition) is 1. The molecule has 1 heterocycles. The van der Waals surface area contributed by atoms with Gasteiger partial charge >= 0.3 is 5.97 Å². The van der Waals surface area contributed by atoms with Gasteiger partial charge in [-0.25, -0.2) is 4.79 Å². The summed E-state index contributed by atoms with van der Waals surface area (Å²) in [7, 11) is 0. The molecule has 0 saturated carbocycles. The first-order valence-electron chi connectivity index (χ1n) is 8.46. The molecule has 0 bridgehead atoms. The molecule has 0 saturated heterocycles. The lowest BCUT2D eigenvalue weighted by Gasteiger charge is -2.16. The van der Waals surface area contributed by atoms with E-state index in [9.17, 15) is 14.4 Å². The van der Waals surface area contributed by atoms with Crippen LogP contribution in [0.3, 0.4) is 0 Å². The van der Waals surface area contributed by atoms with Crippen molar-refractivity contribution in [3.05, 3.63) is 52.8 Å². The monoisotopic (exact) mass is 357 g/mol. The summed E-state index contributed by atoms with van der Waals surface area (Å²) in [6.45, 7) is 6.26. The van der Waals surface area contributed by atoms with Crippen LogP contribution in [0.15, 0.2) is 30.3 Å². The van der Waals surface area contributed by atoms with Crippen LogP contribution in [-0.4, -0.2) is 35.2 Å². The number of H-pyrrole nitrogens is 1. The van der Waals surface area contributed by atoms with Crippen LogP contribution in [0.5, 0.6) is 5.75 Å². The van der Waals surface area contributed by atoms with E-state index in [1.165, 1.54) is 6.92 Å². The van der Waals surface area contributed by atoms with Crippen molar-refractivity contribution in [3.8, 4) is 5.75 Å². The quantitative estimate of drug-likeness (QED) is 0.578. The number of benzene rings is 1. The number of hydrogen-bond acceptors (Lipinski definition) is 5. The van der Waals surface area contributed by atoms with E-state index in [0.29, 0.717) is 29.0 Å². The number of ether oxygens (including phenoxy) is 2. The van der Waals surface area contributed by atoms with Crippen molar-refractivity contribution in [2.75, 3.05) is 6.61 Å². The predicted octanol–water partition coefficient (Wildman–Crippen LogP) is 3.42. The van der Waals surface area contributed by atoms with E-state index in [2.05, 4.69) is 4.98 Å². The van der Waals surface area contributed by atoms with Gasteiger partial charge in [0.25, 0.3) is 0 Å². The summed E-state index contributed by atoms with van der Waals surface area (Å²) in [6, 6.07) is 8.95. The number of nitrogens with one attached hydrogen (secondary N) is 1. The fourth-order valence-corrected chi connectivity index (χ4v) is 2.82. The lowest BCUT2D eigenvalue weighted by atomic mass is 10.1. The van der Waals surface area contributed by atoms with E-state index in [4.69, 9.17) is 9.47 Å². The van der Waals surface area contributed by atoms with Crippen LogP contribution in [0.1, 0.15) is 52.4 Å². The third kappa shape index (κ3) is 4.39. The molecule has 1 aromatic carbocycles. The second-order valence-electron chi connectivity index (χ2n) is 6.04. The van der Waals surface area contributed by atoms with E-state index in [1.54, 1.807) is 45.0 Å². The molecule has 138 valence electrons. The second-order valence-corrected chi connectivity index (χ2v) is 6.04. The molecule has 0 unspecified atom stereocenters. The van der Waals surface area contributed by atoms with Crippen LogP contribution in [-0.2, 0) is 9.53 Å². The standard InChI is InChI=1S/C20H23NO5/c1-5-17(26-15-9-7-6-8-10-15)20(24)25-11-16(23)19-12(2)18(14(4)22)13(3)21-19/h6-10,17,21H,5,11H2,1-4H3/t17-/m0/s1. The highest BCUT2D eigenvalue weighted by Crippen LogP contribution is 2.19. The first kappa shape index (κ1) is 19.4. The third-order valence-electron chi connectivity index (χ3n) is 4.07. The largest absolute Gasteiger partial charge is 0.479 e. The van der Waals surface area contributed by atoms with Gasteiger partial charge in [-0.05, 0) is 44.9 Å². The molecule has 1 atom stereocenters. The van der Waals surface area contributed by atoms with Crippen LogP contribution < -0.4 is 4.74 Å².